The van der Waals surface area contributed by atoms with Crippen LogP contribution in [-0.2, 0) is 20.1 Å². The molecule has 21 heavy (non-hydrogen) atoms. The van der Waals surface area contributed by atoms with Gasteiger partial charge in [0.2, 0.25) is 0 Å². The van der Waals surface area contributed by atoms with E-state index in [4.69, 9.17) is 10.5 Å². The van der Waals surface area contributed by atoms with Crippen LogP contribution < -0.4 is 10.5 Å². The van der Waals surface area contributed by atoms with Crippen LogP contribution in [0, 0.1) is 13.8 Å². The molecule has 0 aliphatic rings. The lowest BCUT2D eigenvalue weighted by Crippen LogP contribution is -2.21. The third-order valence-corrected chi connectivity index (χ3v) is 3.68. The molecule has 4 nitrogen and oxygen atoms in total. The molecule has 4 heteroatoms. The highest BCUT2D eigenvalue weighted by Crippen LogP contribution is 2.26. The van der Waals surface area contributed by atoms with Gasteiger partial charge in [-0.3, -0.25) is 4.68 Å². The summed E-state index contributed by atoms with van der Waals surface area (Å²) in [6.07, 6.45) is 3.84. The standard InChI is InChI=1S/C17H25N3O/c1-5-15(18)10-14-8-12(2)17(13(3)9-14)21-11-16-6-7-20(4)19-16/h6-9,15H,5,10-11,18H2,1-4H3. The number of nitrogens with two attached hydrogens (primary N) is 1. The highest BCUT2D eigenvalue weighted by atomic mass is 16.5. The smallest absolute Gasteiger partial charge is 0.132 e. The molecular formula is C17H25N3O. The zero-order valence-electron chi connectivity index (χ0n) is 13.4. The highest BCUT2D eigenvalue weighted by Gasteiger charge is 2.09. The summed E-state index contributed by atoms with van der Waals surface area (Å²) in [6, 6.07) is 6.55. The normalized spacial score (nSPS) is 12.4. The minimum atomic E-state index is 0.226. The number of nitrogens with zero attached hydrogens (tertiary/aromatic N) is 2. The summed E-state index contributed by atoms with van der Waals surface area (Å²) in [6.45, 7) is 6.79. The first-order chi connectivity index (χ1) is 9.99. The minimum absolute atomic E-state index is 0.226. The maximum Gasteiger partial charge on any atom is 0.132 e. The Morgan fingerprint density at radius 1 is 1.29 bits per heavy atom. The molecule has 0 aliphatic heterocycles. The number of ether oxygens (including phenoxy) is 1. The first-order valence-corrected chi connectivity index (χ1v) is 7.46. The molecule has 0 spiro atoms. The van der Waals surface area contributed by atoms with Crippen LogP contribution >= 0.6 is 0 Å². The molecule has 0 amide bonds. The molecule has 0 saturated carbocycles. The van der Waals surface area contributed by atoms with Gasteiger partial charge in [-0.15, -0.1) is 0 Å². The first kappa shape index (κ1) is 15.6. The Bertz CT molecular complexity index is 581. The summed E-state index contributed by atoms with van der Waals surface area (Å²) >= 11 is 0. The molecule has 0 fully saturated rings. The largest absolute Gasteiger partial charge is 0.487 e. The molecule has 0 saturated heterocycles. The minimum Gasteiger partial charge on any atom is -0.487 e. The summed E-state index contributed by atoms with van der Waals surface area (Å²) in [4.78, 5) is 0. The molecule has 0 bridgehead atoms. The van der Waals surface area contributed by atoms with Gasteiger partial charge in [-0.25, -0.2) is 0 Å². The Balaban J connectivity index is 2.09. The average Bonchev–Trinajstić information content (AvgIpc) is 2.83. The third kappa shape index (κ3) is 4.08. The van der Waals surface area contributed by atoms with E-state index in [9.17, 15) is 0 Å². The van der Waals surface area contributed by atoms with E-state index in [1.165, 1.54) is 5.56 Å². The summed E-state index contributed by atoms with van der Waals surface area (Å²) in [5, 5.41) is 4.33. The van der Waals surface area contributed by atoms with Crippen molar-refractivity contribution in [3.63, 3.8) is 0 Å². The van der Waals surface area contributed by atoms with Crippen molar-refractivity contribution in [2.75, 3.05) is 0 Å². The van der Waals surface area contributed by atoms with Gasteiger partial charge in [0.1, 0.15) is 12.4 Å². The van der Waals surface area contributed by atoms with Crippen LogP contribution in [0.15, 0.2) is 24.4 Å². The number of aryl methyl sites for hydroxylation is 3. The van der Waals surface area contributed by atoms with Gasteiger partial charge in [0, 0.05) is 19.3 Å². The van der Waals surface area contributed by atoms with Crippen molar-refractivity contribution in [2.24, 2.45) is 12.8 Å². The lowest BCUT2D eigenvalue weighted by atomic mass is 9.99. The monoisotopic (exact) mass is 287 g/mol. The number of rotatable bonds is 6. The van der Waals surface area contributed by atoms with Crippen molar-refractivity contribution in [3.05, 3.63) is 46.8 Å². The van der Waals surface area contributed by atoms with Gasteiger partial charge in [0.15, 0.2) is 0 Å². The van der Waals surface area contributed by atoms with E-state index in [-0.39, 0.29) is 6.04 Å². The van der Waals surface area contributed by atoms with Crippen molar-refractivity contribution in [1.82, 2.24) is 9.78 Å². The topological polar surface area (TPSA) is 53.1 Å². The van der Waals surface area contributed by atoms with Crippen molar-refractivity contribution < 1.29 is 4.74 Å². The highest BCUT2D eigenvalue weighted by molar-refractivity contribution is 5.43. The van der Waals surface area contributed by atoms with Crippen molar-refractivity contribution in [2.45, 2.75) is 46.3 Å². The van der Waals surface area contributed by atoms with Gasteiger partial charge in [-0.05, 0) is 49.4 Å². The van der Waals surface area contributed by atoms with Crippen LogP contribution in [0.3, 0.4) is 0 Å². The number of benzene rings is 1. The van der Waals surface area contributed by atoms with E-state index in [0.717, 1.165) is 35.4 Å². The quantitative estimate of drug-likeness (QED) is 0.889. The Morgan fingerprint density at radius 2 is 1.95 bits per heavy atom. The van der Waals surface area contributed by atoms with Crippen LogP contribution in [-0.4, -0.2) is 15.8 Å². The number of hydrogen-bond donors (Lipinski definition) is 1. The summed E-state index contributed by atoms with van der Waals surface area (Å²) in [7, 11) is 1.91. The van der Waals surface area contributed by atoms with E-state index < -0.39 is 0 Å². The molecule has 2 aromatic rings. The second-order valence-electron chi connectivity index (χ2n) is 5.70. The summed E-state index contributed by atoms with van der Waals surface area (Å²) < 4.78 is 7.73. The predicted molar refractivity (Wildman–Crippen MR) is 85.4 cm³/mol. The second-order valence-corrected chi connectivity index (χ2v) is 5.70. The fraction of sp³-hybridized carbons (Fsp3) is 0.471. The maximum atomic E-state index is 6.04. The molecule has 0 radical (unpaired) electrons. The van der Waals surface area contributed by atoms with Crippen LogP contribution in [0.4, 0.5) is 0 Å². The van der Waals surface area contributed by atoms with E-state index in [0.29, 0.717) is 6.61 Å². The third-order valence-electron chi connectivity index (χ3n) is 3.68. The Hall–Kier alpha value is -1.81. The zero-order chi connectivity index (χ0) is 15.4. The van der Waals surface area contributed by atoms with Crippen LogP contribution in [0.5, 0.6) is 5.75 Å². The van der Waals surface area contributed by atoms with Crippen molar-refractivity contribution in [3.8, 4) is 5.75 Å². The van der Waals surface area contributed by atoms with Crippen LogP contribution in [0.1, 0.15) is 35.7 Å². The van der Waals surface area contributed by atoms with Gasteiger partial charge >= 0.3 is 0 Å². The molecule has 0 aliphatic carbocycles. The fourth-order valence-corrected chi connectivity index (χ4v) is 2.52. The van der Waals surface area contributed by atoms with Gasteiger partial charge in [-0.1, -0.05) is 19.1 Å². The SMILES string of the molecule is CCC(N)Cc1cc(C)c(OCc2ccn(C)n2)c(C)c1. The van der Waals surface area contributed by atoms with Crippen molar-refractivity contribution >= 4 is 0 Å². The second kappa shape index (κ2) is 6.76. The van der Waals surface area contributed by atoms with E-state index in [1.54, 1.807) is 4.68 Å². The number of aromatic nitrogens is 2. The predicted octanol–water partition coefficient (Wildman–Crippen LogP) is 2.90. The summed E-state index contributed by atoms with van der Waals surface area (Å²) in [5.41, 5.74) is 10.6. The first-order valence-electron chi connectivity index (χ1n) is 7.46. The van der Waals surface area contributed by atoms with Gasteiger partial charge in [0.05, 0.1) is 5.69 Å². The van der Waals surface area contributed by atoms with Crippen molar-refractivity contribution in [1.29, 1.82) is 0 Å². The Kier molecular flexibility index (Phi) is 5.02. The van der Waals surface area contributed by atoms with Crippen LogP contribution in [0.2, 0.25) is 0 Å². The molecule has 2 N–H and O–H groups in total. The van der Waals surface area contributed by atoms with E-state index in [1.807, 2.05) is 19.3 Å². The van der Waals surface area contributed by atoms with Crippen LogP contribution in [0.25, 0.3) is 0 Å². The Morgan fingerprint density at radius 3 is 2.48 bits per heavy atom. The summed E-state index contributed by atoms with van der Waals surface area (Å²) in [5.74, 6) is 0.953. The van der Waals surface area contributed by atoms with Gasteiger partial charge in [0.25, 0.3) is 0 Å². The van der Waals surface area contributed by atoms with Gasteiger partial charge in [-0.2, -0.15) is 5.10 Å². The molecule has 1 aromatic heterocycles. The molecule has 1 unspecified atom stereocenters. The lowest BCUT2D eigenvalue weighted by Gasteiger charge is -2.15. The Labute approximate surface area is 126 Å². The molecule has 114 valence electrons. The molecule has 2 rings (SSSR count). The lowest BCUT2D eigenvalue weighted by molar-refractivity contribution is 0.296. The van der Waals surface area contributed by atoms with Gasteiger partial charge < -0.3 is 10.5 Å². The average molecular weight is 287 g/mol. The zero-order valence-corrected chi connectivity index (χ0v) is 13.4. The van der Waals surface area contributed by atoms with E-state index >= 15 is 0 Å². The maximum absolute atomic E-state index is 6.04. The van der Waals surface area contributed by atoms with E-state index in [2.05, 4.69) is 38.0 Å². The molecule has 1 aromatic carbocycles. The molecule has 1 heterocycles. The molecular weight excluding hydrogens is 262 g/mol. The number of hydrogen-bond acceptors (Lipinski definition) is 3. The molecule has 1 atom stereocenters. The fourth-order valence-electron chi connectivity index (χ4n) is 2.52.